The van der Waals surface area contributed by atoms with Crippen molar-refractivity contribution >= 4 is 91.9 Å². The van der Waals surface area contributed by atoms with E-state index in [0.29, 0.717) is 0 Å². The van der Waals surface area contributed by atoms with Crippen molar-refractivity contribution in [1.29, 1.82) is 0 Å². The van der Waals surface area contributed by atoms with Crippen molar-refractivity contribution in [3.63, 3.8) is 0 Å². The highest BCUT2D eigenvalue weighted by atomic mass is 28.3. The molecule has 0 N–H and O–H groups in total. The Hall–Kier alpha value is -6.41. The van der Waals surface area contributed by atoms with Crippen LogP contribution in [0.4, 0.5) is 0 Å². The first-order chi connectivity index (χ1) is 28.5. The molecule has 286 valence electrons. The normalized spacial score (nSPS) is 12.6. The van der Waals surface area contributed by atoms with Gasteiger partial charge in [-0.3, -0.25) is 0 Å². The van der Waals surface area contributed by atoms with E-state index in [4.69, 9.17) is 0 Å². The smallest absolute Gasteiger partial charge is 0.0776 e. The van der Waals surface area contributed by atoms with Crippen LogP contribution in [0.15, 0.2) is 176 Å². The zero-order valence-electron chi connectivity index (χ0n) is 34.6. The third-order valence-electron chi connectivity index (χ3n) is 12.5. The van der Waals surface area contributed by atoms with E-state index in [-0.39, 0.29) is 0 Å². The Morgan fingerprint density at radius 2 is 0.661 bits per heavy atom. The first kappa shape index (κ1) is 35.7. The lowest BCUT2D eigenvalue weighted by molar-refractivity contribution is 1.15. The van der Waals surface area contributed by atoms with Gasteiger partial charge in [0.15, 0.2) is 0 Å². The van der Waals surface area contributed by atoms with Crippen molar-refractivity contribution in [2.45, 2.75) is 39.3 Å². The third kappa shape index (κ3) is 5.67. The summed E-state index contributed by atoms with van der Waals surface area (Å²) in [6.45, 7) is 14.7. The summed E-state index contributed by atoms with van der Waals surface area (Å²) in [6.07, 6.45) is 0. The number of hydrogen-bond donors (Lipinski definition) is 0. The predicted octanol–water partition coefficient (Wildman–Crippen LogP) is 13.7. The molecule has 0 saturated heterocycles. The third-order valence-corrected chi connectivity index (χ3v) is 16.6. The Morgan fingerprint density at radius 1 is 0.271 bits per heavy atom. The molecule has 59 heavy (non-hydrogen) atoms. The average Bonchev–Trinajstić information content (AvgIpc) is 3.88. The summed E-state index contributed by atoms with van der Waals surface area (Å²) in [6, 6.07) is 66.1. The Labute approximate surface area is 347 Å². The molecule has 0 amide bonds. The highest BCUT2D eigenvalue weighted by molar-refractivity contribution is 6.89. The molecule has 5 heteroatoms. The van der Waals surface area contributed by atoms with E-state index < -0.39 is 16.1 Å². The minimum atomic E-state index is -1.60. The van der Waals surface area contributed by atoms with E-state index in [2.05, 4.69) is 229 Å². The predicted molar refractivity (Wildman–Crippen MR) is 261 cm³/mol. The molecule has 0 aliphatic rings. The van der Waals surface area contributed by atoms with Gasteiger partial charge in [-0.2, -0.15) is 0 Å². The number of rotatable bonds is 6. The van der Waals surface area contributed by atoms with E-state index in [0.717, 1.165) is 0 Å². The fraction of sp³-hybridized carbons (Fsp3) is 0.111. The monoisotopic (exact) mass is 793 g/mol. The number of aromatic nitrogens is 3. The molecule has 0 fully saturated rings. The molecule has 0 spiro atoms. The minimum Gasteiger partial charge on any atom is -0.309 e. The van der Waals surface area contributed by atoms with Crippen molar-refractivity contribution in [2.75, 3.05) is 0 Å². The molecule has 0 aliphatic carbocycles. The van der Waals surface area contributed by atoms with Gasteiger partial charge in [0.25, 0.3) is 0 Å². The van der Waals surface area contributed by atoms with Crippen LogP contribution >= 0.6 is 0 Å². The average molecular weight is 794 g/mol. The molecule has 0 unspecified atom stereocenters. The fourth-order valence-corrected chi connectivity index (χ4v) is 11.7. The van der Waals surface area contributed by atoms with E-state index in [1.807, 2.05) is 0 Å². The van der Waals surface area contributed by atoms with Gasteiger partial charge in [-0.1, -0.05) is 147 Å². The summed E-state index contributed by atoms with van der Waals surface area (Å²) < 4.78 is 7.34. The molecule has 0 atom stereocenters. The summed E-state index contributed by atoms with van der Waals surface area (Å²) in [5.74, 6) is 0. The molecule has 3 aromatic heterocycles. The van der Waals surface area contributed by atoms with Gasteiger partial charge in [-0.05, 0) is 90.0 Å². The van der Waals surface area contributed by atoms with Crippen LogP contribution in [0.5, 0.6) is 0 Å². The molecule has 11 rings (SSSR count). The maximum atomic E-state index is 2.50. The lowest BCUT2D eigenvalue weighted by atomic mass is 10.0. The van der Waals surface area contributed by atoms with Gasteiger partial charge in [0.2, 0.25) is 0 Å². The Bertz CT molecular complexity index is 3450. The van der Waals surface area contributed by atoms with Crippen LogP contribution in [0.25, 0.3) is 93.6 Å². The Morgan fingerprint density at radius 3 is 1.17 bits per heavy atom. The highest BCUT2D eigenvalue weighted by Gasteiger charge is 2.23. The van der Waals surface area contributed by atoms with E-state index in [9.17, 15) is 0 Å². The summed E-state index contributed by atoms with van der Waals surface area (Å²) in [5, 5.41) is 10.7. The lowest BCUT2D eigenvalue weighted by Crippen LogP contribution is -2.37. The molecule has 0 bridgehead atoms. The van der Waals surface area contributed by atoms with Crippen LogP contribution in [0.1, 0.15) is 0 Å². The largest absolute Gasteiger partial charge is 0.309 e. The molecule has 8 aromatic carbocycles. The first-order valence-corrected chi connectivity index (χ1v) is 27.9. The standard InChI is InChI=1S/C54H47N3Si2/c1-58(2,3)41-24-29-52-47(34-41)45-31-36(21-27-50(45)55(52)38-15-9-7-10-16-38)37-22-28-51-46(32-37)48-35-42(59(4,5)6)25-30-53(48)57(51)40-23-26-44-43-19-13-14-20-49(43)56(54(44)33-40)39-17-11-8-12-18-39/h7-35H,1-6H3. The second-order valence-corrected chi connectivity index (χ2v) is 28.5. The zero-order chi connectivity index (χ0) is 40.2. The van der Waals surface area contributed by atoms with Crippen molar-refractivity contribution in [3.05, 3.63) is 176 Å². The van der Waals surface area contributed by atoms with Crippen LogP contribution in [0.3, 0.4) is 0 Å². The molecule has 0 aliphatic heterocycles. The van der Waals surface area contributed by atoms with Gasteiger partial charge >= 0.3 is 0 Å². The molecular formula is C54H47N3Si2. The number of nitrogens with zero attached hydrogens (tertiary/aromatic N) is 3. The van der Waals surface area contributed by atoms with E-state index in [1.165, 1.54) is 104 Å². The lowest BCUT2D eigenvalue weighted by Gasteiger charge is -2.17. The number of hydrogen-bond acceptors (Lipinski definition) is 0. The van der Waals surface area contributed by atoms with Gasteiger partial charge < -0.3 is 13.7 Å². The van der Waals surface area contributed by atoms with Gasteiger partial charge in [0, 0.05) is 49.4 Å². The van der Waals surface area contributed by atoms with E-state index in [1.54, 1.807) is 0 Å². The van der Waals surface area contributed by atoms with Crippen molar-refractivity contribution in [3.8, 4) is 28.2 Å². The summed E-state index contributed by atoms with van der Waals surface area (Å²) in [7, 11) is -3.14. The summed E-state index contributed by atoms with van der Waals surface area (Å²) in [4.78, 5) is 0. The Kier molecular flexibility index (Phi) is 7.90. The van der Waals surface area contributed by atoms with E-state index >= 15 is 0 Å². The van der Waals surface area contributed by atoms with Crippen LogP contribution in [0, 0.1) is 0 Å². The first-order valence-electron chi connectivity index (χ1n) is 20.9. The number of para-hydroxylation sites is 3. The zero-order valence-corrected chi connectivity index (χ0v) is 36.6. The molecule has 3 heterocycles. The molecule has 11 aromatic rings. The second kappa shape index (κ2) is 13.1. The Balaban J connectivity index is 1.14. The van der Waals surface area contributed by atoms with Crippen LogP contribution in [-0.4, -0.2) is 29.8 Å². The summed E-state index contributed by atoms with van der Waals surface area (Å²) in [5.41, 5.74) is 13.4. The maximum absolute atomic E-state index is 2.50. The minimum absolute atomic E-state index is 1.17. The summed E-state index contributed by atoms with van der Waals surface area (Å²) >= 11 is 0. The van der Waals surface area contributed by atoms with Crippen LogP contribution in [-0.2, 0) is 0 Å². The van der Waals surface area contributed by atoms with Gasteiger partial charge in [-0.15, -0.1) is 0 Å². The fourth-order valence-electron chi connectivity index (χ4n) is 9.43. The number of benzene rings is 8. The molecular weight excluding hydrogens is 747 g/mol. The van der Waals surface area contributed by atoms with Crippen LogP contribution < -0.4 is 10.4 Å². The molecule has 0 saturated carbocycles. The topological polar surface area (TPSA) is 14.8 Å². The van der Waals surface area contributed by atoms with Crippen molar-refractivity contribution in [1.82, 2.24) is 13.7 Å². The quantitative estimate of drug-likeness (QED) is 0.149. The van der Waals surface area contributed by atoms with Crippen molar-refractivity contribution in [2.24, 2.45) is 0 Å². The van der Waals surface area contributed by atoms with Gasteiger partial charge in [-0.25, -0.2) is 0 Å². The maximum Gasteiger partial charge on any atom is 0.0776 e. The number of fused-ring (bicyclic) bond motifs is 9. The van der Waals surface area contributed by atoms with Gasteiger partial charge in [0.05, 0.1) is 49.2 Å². The van der Waals surface area contributed by atoms with Crippen molar-refractivity contribution < 1.29 is 0 Å². The highest BCUT2D eigenvalue weighted by Crippen LogP contribution is 2.40. The molecule has 3 nitrogen and oxygen atoms in total. The van der Waals surface area contributed by atoms with Gasteiger partial charge in [0.1, 0.15) is 0 Å². The second-order valence-electron chi connectivity index (χ2n) is 18.3. The van der Waals surface area contributed by atoms with Crippen LogP contribution in [0.2, 0.25) is 39.3 Å². The molecule has 0 radical (unpaired) electrons. The SMILES string of the molecule is C[Si](C)(C)c1ccc2c(c1)c1cc(-c3ccc4c(c3)c3cc([Si](C)(C)C)ccc3n4-c3ccc4c5ccccc5n(-c5ccccc5)c4c3)ccc1n2-c1ccccc1.